The highest BCUT2D eigenvalue weighted by atomic mass is 16.5. The van der Waals surface area contributed by atoms with Crippen LogP contribution in [0.1, 0.15) is 57.8 Å². The average Bonchev–Trinajstić information content (AvgIpc) is 2.64. The molecule has 4 heteroatoms. The highest BCUT2D eigenvalue weighted by Gasteiger charge is 2.20. The summed E-state index contributed by atoms with van der Waals surface area (Å²) >= 11 is 0. The minimum absolute atomic E-state index is 0.139. The standard InChI is InChI=1S/C10H19N3O/c1-5-7(4)8(11)10-12-9(6(2)3)13-14-10/h6-8H,5,11H2,1-4H3/t7-,8-/m0/s1. The van der Waals surface area contributed by atoms with E-state index in [0.717, 1.165) is 12.2 Å². The molecule has 2 atom stereocenters. The van der Waals surface area contributed by atoms with Gasteiger partial charge in [0.05, 0.1) is 6.04 Å². The molecule has 0 fully saturated rings. The van der Waals surface area contributed by atoms with E-state index < -0.39 is 0 Å². The zero-order valence-electron chi connectivity index (χ0n) is 9.32. The summed E-state index contributed by atoms with van der Waals surface area (Å²) in [6.07, 6.45) is 1.01. The molecular formula is C10H19N3O. The van der Waals surface area contributed by atoms with Crippen molar-refractivity contribution >= 4 is 0 Å². The van der Waals surface area contributed by atoms with Gasteiger partial charge in [-0.2, -0.15) is 4.98 Å². The first kappa shape index (κ1) is 11.2. The van der Waals surface area contributed by atoms with E-state index in [2.05, 4.69) is 24.0 Å². The number of nitrogens with zero attached hydrogens (tertiary/aromatic N) is 2. The molecule has 1 aromatic heterocycles. The highest BCUT2D eigenvalue weighted by molar-refractivity contribution is 4.96. The van der Waals surface area contributed by atoms with Crippen molar-refractivity contribution < 1.29 is 4.52 Å². The number of aromatic nitrogens is 2. The largest absolute Gasteiger partial charge is 0.338 e. The molecule has 0 radical (unpaired) electrons. The van der Waals surface area contributed by atoms with E-state index in [0.29, 0.717) is 11.8 Å². The average molecular weight is 197 g/mol. The van der Waals surface area contributed by atoms with E-state index >= 15 is 0 Å². The lowest BCUT2D eigenvalue weighted by atomic mass is 10.0. The van der Waals surface area contributed by atoms with Crippen molar-refractivity contribution in [3.63, 3.8) is 0 Å². The third kappa shape index (κ3) is 2.32. The van der Waals surface area contributed by atoms with Crippen LogP contribution in [-0.2, 0) is 0 Å². The Morgan fingerprint density at radius 3 is 2.43 bits per heavy atom. The van der Waals surface area contributed by atoms with Crippen LogP contribution in [0.3, 0.4) is 0 Å². The fraction of sp³-hybridized carbons (Fsp3) is 0.800. The SMILES string of the molecule is CC[C@H](C)[C@H](N)c1nc(C(C)C)no1. The third-order valence-corrected chi connectivity index (χ3v) is 2.52. The maximum absolute atomic E-state index is 5.97. The van der Waals surface area contributed by atoms with Crippen molar-refractivity contribution in [2.45, 2.75) is 46.1 Å². The first-order valence-electron chi connectivity index (χ1n) is 5.15. The second kappa shape index (κ2) is 4.55. The van der Waals surface area contributed by atoms with Gasteiger partial charge < -0.3 is 10.3 Å². The lowest BCUT2D eigenvalue weighted by Gasteiger charge is -2.13. The van der Waals surface area contributed by atoms with Crippen molar-refractivity contribution in [1.29, 1.82) is 0 Å². The maximum atomic E-state index is 5.97. The zero-order chi connectivity index (χ0) is 10.7. The number of hydrogen-bond acceptors (Lipinski definition) is 4. The Bertz CT molecular complexity index is 283. The van der Waals surface area contributed by atoms with E-state index in [4.69, 9.17) is 10.3 Å². The van der Waals surface area contributed by atoms with Crippen molar-refractivity contribution in [3.05, 3.63) is 11.7 Å². The second-order valence-corrected chi connectivity index (χ2v) is 4.06. The quantitative estimate of drug-likeness (QED) is 0.803. The molecule has 0 aliphatic rings. The summed E-state index contributed by atoms with van der Waals surface area (Å²) in [6.45, 7) is 8.25. The summed E-state index contributed by atoms with van der Waals surface area (Å²) in [4.78, 5) is 4.28. The van der Waals surface area contributed by atoms with Gasteiger partial charge in [-0.25, -0.2) is 0 Å². The highest BCUT2D eigenvalue weighted by Crippen LogP contribution is 2.21. The van der Waals surface area contributed by atoms with Crippen LogP contribution in [0.25, 0.3) is 0 Å². The predicted molar refractivity (Wildman–Crippen MR) is 54.8 cm³/mol. The van der Waals surface area contributed by atoms with Gasteiger partial charge in [0.1, 0.15) is 0 Å². The zero-order valence-corrected chi connectivity index (χ0v) is 9.32. The monoisotopic (exact) mass is 197 g/mol. The fourth-order valence-corrected chi connectivity index (χ4v) is 1.11. The van der Waals surface area contributed by atoms with Crippen molar-refractivity contribution in [3.8, 4) is 0 Å². The summed E-state index contributed by atoms with van der Waals surface area (Å²) in [7, 11) is 0. The van der Waals surface area contributed by atoms with Gasteiger partial charge in [-0.3, -0.25) is 0 Å². The predicted octanol–water partition coefficient (Wildman–Crippen LogP) is 2.24. The Balaban J connectivity index is 2.76. The summed E-state index contributed by atoms with van der Waals surface area (Å²) in [5.41, 5.74) is 5.97. The first-order chi connectivity index (χ1) is 6.56. The summed E-state index contributed by atoms with van der Waals surface area (Å²) < 4.78 is 5.12. The van der Waals surface area contributed by atoms with Crippen LogP contribution in [-0.4, -0.2) is 10.1 Å². The lowest BCUT2D eigenvalue weighted by molar-refractivity contribution is 0.310. The minimum Gasteiger partial charge on any atom is -0.338 e. The molecule has 4 nitrogen and oxygen atoms in total. The molecular weight excluding hydrogens is 178 g/mol. The number of rotatable bonds is 4. The van der Waals surface area contributed by atoms with Crippen LogP contribution >= 0.6 is 0 Å². The molecule has 0 saturated carbocycles. The molecule has 0 aromatic carbocycles. The Morgan fingerprint density at radius 2 is 2.00 bits per heavy atom. The van der Waals surface area contributed by atoms with Gasteiger partial charge in [-0.1, -0.05) is 39.3 Å². The normalized spacial score (nSPS) is 15.9. The molecule has 1 rings (SSSR count). The number of hydrogen-bond donors (Lipinski definition) is 1. The van der Waals surface area contributed by atoms with Gasteiger partial charge in [0.25, 0.3) is 0 Å². The minimum atomic E-state index is -0.139. The fourth-order valence-electron chi connectivity index (χ4n) is 1.11. The van der Waals surface area contributed by atoms with Crippen LogP contribution < -0.4 is 5.73 Å². The third-order valence-electron chi connectivity index (χ3n) is 2.52. The molecule has 0 aliphatic carbocycles. The molecule has 1 heterocycles. The molecule has 80 valence electrons. The Hall–Kier alpha value is -0.900. The summed E-state index contributed by atoms with van der Waals surface area (Å²) in [5.74, 6) is 1.95. The van der Waals surface area contributed by atoms with Gasteiger partial charge in [0, 0.05) is 5.92 Å². The van der Waals surface area contributed by atoms with E-state index in [1.165, 1.54) is 0 Å². The van der Waals surface area contributed by atoms with E-state index in [1.54, 1.807) is 0 Å². The summed E-state index contributed by atoms with van der Waals surface area (Å²) in [5, 5.41) is 3.89. The van der Waals surface area contributed by atoms with Crippen molar-refractivity contribution in [2.75, 3.05) is 0 Å². The molecule has 14 heavy (non-hydrogen) atoms. The van der Waals surface area contributed by atoms with Gasteiger partial charge >= 0.3 is 0 Å². The second-order valence-electron chi connectivity index (χ2n) is 4.06. The first-order valence-corrected chi connectivity index (χ1v) is 5.15. The Labute approximate surface area is 84.9 Å². The van der Waals surface area contributed by atoms with Gasteiger partial charge in [0.2, 0.25) is 5.89 Å². The lowest BCUT2D eigenvalue weighted by Crippen LogP contribution is -2.18. The maximum Gasteiger partial charge on any atom is 0.243 e. The van der Waals surface area contributed by atoms with Crippen LogP contribution in [0.2, 0.25) is 0 Å². The van der Waals surface area contributed by atoms with Crippen LogP contribution in [0.5, 0.6) is 0 Å². The van der Waals surface area contributed by atoms with Crippen LogP contribution in [0, 0.1) is 5.92 Å². The molecule has 0 spiro atoms. The smallest absolute Gasteiger partial charge is 0.243 e. The number of nitrogens with two attached hydrogens (primary N) is 1. The van der Waals surface area contributed by atoms with E-state index in [9.17, 15) is 0 Å². The summed E-state index contributed by atoms with van der Waals surface area (Å²) in [6, 6.07) is -0.139. The molecule has 0 bridgehead atoms. The van der Waals surface area contributed by atoms with Gasteiger partial charge in [-0.05, 0) is 5.92 Å². The van der Waals surface area contributed by atoms with Gasteiger partial charge in [-0.15, -0.1) is 0 Å². The van der Waals surface area contributed by atoms with E-state index in [1.807, 2.05) is 13.8 Å². The Morgan fingerprint density at radius 1 is 1.36 bits per heavy atom. The molecule has 2 N–H and O–H groups in total. The Kier molecular flexibility index (Phi) is 3.63. The molecule has 0 aliphatic heterocycles. The van der Waals surface area contributed by atoms with Gasteiger partial charge in [0.15, 0.2) is 5.82 Å². The van der Waals surface area contributed by atoms with E-state index in [-0.39, 0.29) is 12.0 Å². The van der Waals surface area contributed by atoms with Crippen molar-refractivity contribution in [2.24, 2.45) is 11.7 Å². The van der Waals surface area contributed by atoms with Crippen LogP contribution in [0.15, 0.2) is 4.52 Å². The molecule has 0 amide bonds. The molecule has 0 saturated heterocycles. The molecule has 1 aromatic rings. The van der Waals surface area contributed by atoms with Crippen LogP contribution in [0.4, 0.5) is 0 Å². The topological polar surface area (TPSA) is 64.9 Å². The van der Waals surface area contributed by atoms with Crippen molar-refractivity contribution in [1.82, 2.24) is 10.1 Å². The molecule has 0 unspecified atom stereocenters.